The predicted molar refractivity (Wildman–Crippen MR) is 111 cm³/mol. The van der Waals surface area contributed by atoms with Crippen molar-refractivity contribution in [2.45, 2.75) is 31.1 Å². The Hall–Kier alpha value is -2.40. The molecule has 0 saturated heterocycles. The largest absolute Gasteiger partial charge is 0.370 e. The third kappa shape index (κ3) is 4.40. The first-order valence-electron chi connectivity index (χ1n) is 9.67. The summed E-state index contributed by atoms with van der Waals surface area (Å²) in [6.07, 6.45) is 0.380. The van der Waals surface area contributed by atoms with E-state index in [-0.39, 0.29) is 31.3 Å². The first-order chi connectivity index (χ1) is 15.2. The van der Waals surface area contributed by atoms with E-state index in [0.29, 0.717) is 29.3 Å². The van der Waals surface area contributed by atoms with E-state index in [1.807, 2.05) is 0 Å². The van der Waals surface area contributed by atoms with E-state index in [9.17, 15) is 21.6 Å². The lowest BCUT2D eigenvalue weighted by atomic mass is 10.1. The van der Waals surface area contributed by atoms with Crippen LogP contribution in [0.15, 0.2) is 41.3 Å². The molecule has 1 aromatic heterocycles. The molecule has 2 heterocycles. The smallest absolute Gasteiger partial charge is 0.246 e. The van der Waals surface area contributed by atoms with Crippen LogP contribution in [0.3, 0.4) is 0 Å². The Morgan fingerprint density at radius 3 is 2.53 bits per heavy atom. The van der Waals surface area contributed by atoms with Gasteiger partial charge in [-0.1, -0.05) is 17.7 Å². The standard InChI is InChI=1S/C21H19ClF3N3O3S/c1-27-20-6-7-28(32(29,30)21-5-4-15(24)9-18(21)25)10-16(20)19(26-27)12-31-11-13-2-3-14(23)8-17(13)22/h2-5,8-9H,6-7,10-12H2,1H3. The van der Waals surface area contributed by atoms with Crippen LogP contribution in [-0.4, -0.2) is 29.0 Å². The fourth-order valence-electron chi connectivity index (χ4n) is 3.69. The minimum atomic E-state index is -4.17. The molecule has 0 saturated carbocycles. The number of ether oxygens (including phenoxy) is 1. The van der Waals surface area contributed by atoms with Crippen molar-refractivity contribution in [2.24, 2.45) is 7.05 Å². The van der Waals surface area contributed by atoms with Gasteiger partial charge in [-0.25, -0.2) is 21.6 Å². The van der Waals surface area contributed by atoms with E-state index in [2.05, 4.69) is 5.10 Å². The molecule has 0 N–H and O–H groups in total. The third-order valence-electron chi connectivity index (χ3n) is 5.31. The molecule has 0 bridgehead atoms. The molecule has 2 aromatic carbocycles. The van der Waals surface area contributed by atoms with Crippen molar-refractivity contribution in [2.75, 3.05) is 6.54 Å². The summed E-state index contributed by atoms with van der Waals surface area (Å²) in [7, 11) is -2.42. The van der Waals surface area contributed by atoms with Crippen molar-refractivity contribution in [3.63, 3.8) is 0 Å². The monoisotopic (exact) mass is 485 g/mol. The van der Waals surface area contributed by atoms with Crippen LogP contribution in [0.5, 0.6) is 0 Å². The van der Waals surface area contributed by atoms with Gasteiger partial charge in [-0.2, -0.15) is 9.40 Å². The van der Waals surface area contributed by atoms with Crippen molar-refractivity contribution < 1.29 is 26.3 Å². The van der Waals surface area contributed by atoms with Gasteiger partial charge in [0.25, 0.3) is 0 Å². The molecule has 0 radical (unpaired) electrons. The fraction of sp³-hybridized carbons (Fsp3) is 0.286. The average molecular weight is 486 g/mol. The first kappa shape index (κ1) is 22.8. The second kappa shape index (κ2) is 8.86. The SMILES string of the molecule is Cn1nc(COCc2ccc(F)cc2Cl)c2c1CCN(S(=O)(=O)c1ccc(F)cc1F)C2. The number of aromatic nitrogens is 2. The Kier molecular flexibility index (Phi) is 6.30. The number of benzene rings is 2. The van der Waals surface area contributed by atoms with E-state index in [4.69, 9.17) is 16.3 Å². The van der Waals surface area contributed by atoms with Gasteiger partial charge in [0.2, 0.25) is 10.0 Å². The molecule has 1 aliphatic heterocycles. The highest BCUT2D eigenvalue weighted by Gasteiger charge is 2.33. The molecule has 6 nitrogen and oxygen atoms in total. The Morgan fingerprint density at radius 1 is 1.09 bits per heavy atom. The molecule has 0 spiro atoms. The highest BCUT2D eigenvalue weighted by atomic mass is 35.5. The van der Waals surface area contributed by atoms with Crippen molar-refractivity contribution in [3.05, 3.63) is 81.4 Å². The van der Waals surface area contributed by atoms with E-state index in [1.165, 1.54) is 18.2 Å². The summed E-state index contributed by atoms with van der Waals surface area (Å²) in [5.41, 5.74) is 2.68. The number of sulfonamides is 1. The molecule has 1 aliphatic rings. The molecular formula is C21H19ClF3N3O3S. The molecule has 0 atom stereocenters. The summed E-state index contributed by atoms with van der Waals surface area (Å²) in [5, 5.41) is 4.67. The number of nitrogens with zero attached hydrogens (tertiary/aromatic N) is 3. The zero-order chi connectivity index (χ0) is 23.0. The first-order valence-corrected chi connectivity index (χ1v) is 11.5. The van der Waals surface area contributed by atoms with Crippen LogP contribution in [-0.2, 0) is 48.0 Å². The molecule has 0 unspecified atom stereocenters. The number of rotatable bonds is 6. The minimum Gasteiger partial charge on any atom is -0.370 e. The second-order valence-electron chi connectivity index (χ2n) is 7.39. The zero-order valence-electron chi connectivity index (χ0n) is 17.0. The van der Waals surface area contributed by atoms with Gasteiger partial charge < -0.3 is 4.74 Å². The molecule has 0 aliphatic carbocycles. The normalized spacial score (nSPS) is 14.5. The van der Waals surface area contributed by atoms with Crippen molar-refractivity contribution in [3.8, 4) is 0 Å². The Labute approximate surface area is 188 Å². The molecule has 0 fully saturated rings. The van der Waals surface area contributed by atoms with Gasteiger partial charge in [0, 0.05) is 48.9 Å². The van der Waals surface area contributed by atoms with Crippen LogP contribution < -0.4 is 0 Å². The zero-order valence-corrected chi connectivity index (χ0v) is 18.6. The quantitative estimate of drug-likeness (QED) is 0.530. The van der Waals surface area contributed by atoms with Crippen LogP contribution >= 0.6 is 11.6 Å². The van der Waals surface area contributed by atoms with Crippen LogP contribution in [0.4, 0.5) is 13.2 Å². The van der Waals surface area contributed by atoms with Gasteiger partial charge in [0.1, 0.15) is 22.3 Å². The van der Waals surface area contributed by atoms with Gasteiger partial charge in [-0.05, 0) is 29.8 Å². The number of hydrogen-bond acceptors (Lipinski definition) is 4. The summed E-state index contributed by atoms with van der Waals surface area (Å²) in [5.74, 6) is -2.44. The second-order valence-corrected chi connectivity index (χ2v) is 9.70. The van der Waals surface area contributed by atoms with Crippen molar-refractivity contribution in [1.82, 2.24) is 14.1 Å². The van der Waals surface area contributed by atoms with Gasteiger partial charge >= 0.3 is 0 Å². The lowest BCUT2D eigenvalue weighted by Crippen LogP contribution is -2.37. The highest BCUT2D eigenvalue weighted by molar-refractivity contribution is 7.89. The van der Waals surface area contributed by atoms with Crippen molar-refractivity contribution >= 4 is 21.6 Å². The van der Waals surface area contributed by atoms with Gasteiger partial charge in [0.15, 0.2) is 0 Å². The lowest BCUT2D eigenvalue weighted by molar-refractivity contribution is 0.103. The molecule has 3 aromatic rings. The summed E-state index contributed by atoms with van der Waals surface area (Å²) < 4.78 is 75.0. The number of fused-ring (bicyclic) bond motifs is 1. The molecule has 4 rings (SSSR count). The Morgan fingerprint density at radius 2 is 1.81 bits per heavy atom. The van der Waals surface area contributed by atoms with Crippen LogP contribution in [0.2, 0.25) is 5.02 Å². The van der Waals surface area contributed by atoms with E-state index < -0.39 is 32.4 Å². The minimum absolute atomic E-state index is 0.0156. The van der Waals surface area contributed by atoms with Crippen LogP contribution in [0.25, 0.3) is 0 Å². The van der Waals surface area contributed by atoms with Gasteiger partial charge in [-0.3, -0.25) is 4.68 Å². The third-order valence-corrected chi connectivity index (χ3v) is 7.54. The summed E-state index contributed by atoms with van der Waals surface area (Å²) in [4.78, 5) is -0.574. The number of halogens is 4. The molecular weight excluding hydrogens is 467 g/mol. The van der Waals surface area contributed by atoms with Crippen molar-refractivity contribution in [1.29, 1.82) is 0 Å². The maximum atomic E-state index is 14.1. The summed E-state index contributed by atoms with van der Waals surface area (Å²) >= 11 is 6.01. The highest BCUT2D eigenvalue weighted by Crippen LogP contribution is 2.29. The number of aryl methyl sites for hydroxylation is 1. The Bertz CT molecular complexity index is 1280. The average Bonchev–Trinajstić information content (AvgIpc) is 3.04. The summed E-state index contributed by atoms with van der Waals surface area (Å²) in [6, 6.07) is 6.39. The van der Waals surface area contributed by atoms with E-state index in [0.717, 1.165) is 22.1 Å². The van der Waals surface area contributed by atoms with Gasteiger partial charge in [-0.15, -0.1) is 0 Å². The predicted octanol–water partition coefficient (Wildman–Crippen LogP) is 3.95. The maximum absolute atomic E-state index is 14.1. The maximum Gasteiger partial charge on any atom is 0.246 e. The molecule has 170 valence electrons. The molecule has 32 heavy (non-hydrogen) atoms. The van der Waals surface area contributed by atoms with Gasteiger partial charge in [0.05, 0.1) is 18.9 Å². The molecule has 0 amide bonds. The lowest BCUT2D eigenvalue weighted by Gasteiger charge is -2.27. The van der Waals surface area contributed by atoms with Crippen LogP contribution in [0, 0.1) is 17.5 Å². The van der Waals surface area contributed by atoms with Crippen LogP contribution in [0.1, 0.15) is 22.5 Å². The molecule has 11 heteroatoms. The topological polar surface area (TPSA) is 64.4 Å². The van der Waals surface area contributed by atoms with E-state index >= 15 is 0 Å². The van der Waals surface area contributed by atoms with E-state index in [1.54, 1.807) is 11.7 Å². The number of hydrogen-bond donors (Lipinski definition) is 0. The Balaban J connectivity index is 1.53. The summed E-state index contributed by atoms with van der Waals surface area (Å²) in [6.45, 7) is 0.318. The fourth-order valence-corrected chi connectivity index (χ4v) is 5.36.